The van der Waals surface area contributed by atoms with Crippen LogP contribution in [0.2, 0.25) is 0 Å². The molecule has 2 aromatic rings. The zero-order valence-corrected chi connectivity index (χ0v) is 13.8. The van der Waals surface area contributed by atoms with E-state index in [1.54, 1.807) is 0 Å². The van der Waals surface area contributed by atoms with Gasteiger partial charge < -0.3 is 15.2 Å². The SMILES string of the molecule is Cc1c(C)c(C)c2c(c(C)c(C)n2C)c1NC1=NCCN1. The van der Waals surface area contributed by atoms with Crippen molar-refractivity contribution in [3.63, 3.8) is 0 Å². The third-order valence-corrected chi connectivity index (χ3v) is 5.02. The number of nitrogens with zero attached hydrogens (tertiary/aromatic N) is 2. The molecule has 0 radical (unpaired) electrons. The van der Waals surface area contributed by atoms with Crippen molar-refractivity contribution in [1.82, 2.24) is 9.88 Å². The maximum absolute atomic E-state index is 4.48. The zero-order valence-electron chi connectivity index (χ0n) is 13.8. The van der Waals surface area contributed by atoms with Gasteiger partial charge >= 0.3 is 0 Å². The van der Waals surface area contributed by atoms with Gasteiger partial charge in [0.2, 0.25) is 0 Å². The van der Waals surface area contributed by atoms with Crippen molar-refractivity contribution >= 4 is 22.5 Å². The van der Waals surface area contributed by atoms with Gasteiger partial charge in [-0.1, -0.05) is 0 Å². The van der Waals surface area contributed by atoms with Crippen LogP contribution in [0.15, 0.2) is 4.99 Å². The van der Waals surface area contributed by atoms with Crippen molar-refractivity contribution in [3.8, 4) is 0 Å². The van der Waals surface area contributed by atoms with Gasteiger partial charge in [-0.15, -0.1) is 0 Å². The average molecular weight is 284 g/mol. The zero-order chi connectivity index (χ0) is 15.3. The molecule has 2 N–H and O–H groups in total. The first-order valence-electron chi connectivity index (χ1n) is 7.54. The number of benzene rings is 1. The molecular weight excluding hydrogens is 260 g/mol. The van der Waals surface area contributed by atoms with Gasteiger partial charge in [-0.05, 0) is 56.9 Å². The molecule has 0 fully saturated rings. The Balaban J connectivity index is 2.34. The van der Waals surface area contributed by atoms with Crippen molar-refractivity contribution in [1.29, 1.82) is 0 Å². The van der Waals surface area contributed by atoms with Crippen LogP contribution in [-0.2, 0) is 7.05 Å². The number of fused-ring (bicyclic) bond motifs is 1. The fourth-order valence-electron chi connectivity index (χ4n) is 3.28. The van der Waals surface area contributed by atoms with Gasteiger partial charge in [0.25, 0.3) is 0 Å². The lowest BCUT2D eigenvalue weighted by Crippen LogP contribution is -2.26. The molecule has 112 valence electrons. The van der Waals surface area contributed by atoms with Crippen LogP contribution in [0.1, 0.15) is 27.9 Å². The Morgan fingerprint density at radius 2 is 1.71 bits per heavy atom. The summed E-state index contributed by atoms with van der Waals surface area (Å²) in [6.07, 6.45) is 0. The Labute approximate surface area is 126 Å². The standard InChI is InChI=1S/C17H24N4/c1-9-10(2)15(20-17-18-7-8-19-17)14-12(4)13(5)21(6)16(14)11(9)3/h7-8H2,1-6H3,(H2,18,19,20). The van der Waals surface area contributed by atoms with Crippen molar-refractivity contribution < 1.29 is 0 Å². The fraction of sp³-hybridized carbons (Fsp3) is 0.471. The largest absolute Gasteiger partial charge is 0.354 e. The van der Waals surface area contributed by atoms with E-state index in [0.717, 1.165) is 19.0 Å². The van der Waals surface area contributed by atoms with E-state index in [2.05, 4.69) is 61.9 Å². The molecule has 21 heavy (non-hydrogen) atoms. The molecular formula is C17H24N4. The summed E-state index contributed by atoms with van der Waals surface area (Å²) in [6, 6.07) is 0. The van der Waals surface area contributed by atoms with E-state index in [0.29, 0.717) is 0 Å². The van der Waals surface area contributed by atoms with Crippen LogP contribution in [0.25, 0.3) is 10.9 Å². The number of hydrogen-bond acceptors (Lipinski definition) is 3. The monoisotopic (exact) mass is 284 g/mol. The number of aryl methyl sites for hydroxylation is 3. The number of hydrogen-bond donors (Lipinski definition) is 2. The molecule has 4 heteroatoms. The number of anilines is 1. The Hall–Kier alpha value is -1.97. The van der Waals surface area contributed by atoms with Gasteiger partial charge in [-0.2, -0.15) is 0 Å². The second-order valence-corrected chi connectivity index (χ2v) is 6.03. The van der Waals surface area contributed by atoms with Crippen molar-refractivity contribution in [3.05, 3.63) is 27.9 Å². The minimum absolute atomic E-state index is 0.849. The molecule has 3 rings (SSSR count). The summed E-state index contributed by atoms with van der Waals surface area (Å²) in [6.45, 7) is 12.8. The number of guanidine groups is 1. The van der Waals surface area contributed by atoms with Crippen LogP contribution in [-0.4, -0.2) is 23.6 Å². The van der Waals surface area contributed by atoms with Crippen LogP contribution >= 0.6 is 0 Å². The first kappa shape index (κ1) is 14.0. The molecule has 0 amide bonds. The fourth-order valence-corrected chi connectivity index (χ4v) is 3.28. The van der Waals surface area contributed by atoms with E-state index in [-0.39, 0.29) is 0 Å². The first-order valence-corrected chi connectivity index (χ1v) is 7.54. The highest BCUT2D eigenvalue weighted by Crippen LogP contribution is 2.38. The summed E-state index contributed by atoms with van der Waals surface area (Å²) in [4.78, 5) is 4.48. The molecule has 4 nitrogen and oxygen atoms in total. The van der Waals surface area contributed by atoms with E-state index in [1.165, 1.54) is 44.5 Å². The summed E-state index contributed by atoms with van der Waals surface area (Å²) in [5, 5.41) is 8.16. The Kier molecular flexibility index (Phi) is 3.19. The number of rotatable bonds is 1. The third kappa shape index (κ3) is 1.93. The lowest BCUT2D eigenvalue weighted by Gasteiger charge is -2.17. The van der Waals surface area contributed by atoms with Gasteiger partial charge in [0, 0.05) is 24.7 Å². The van der Waals surface area contributed by atoms with Gasteiger partial charge in [-0.3, -0.25) is 4.99 Å². The van der Waals surface area contributed by atoms with E-state index < -0.39 is 0 Å². The molecule has 0 aliphatic carbocycles. The molecule has 1 aliphatic heterocycles. The van der Waals surface area contributed by atoms with Crippen LogP contribution in [0, 0.1) is 34.6 Å². The lowest BCUT2D eigenvalue weighted by molar-refractivity contribution is 0.906. The maximum Gasteiger partial charge on any atom is 0.195 e. The Bertz CT molecular complexity index is 765. The second-order valence-electron chi connectivity index (χ2n) is 6.03. The minimum Gasteiger partial charge on any atom is -0.354 e. The summed E-state index contributed by atoms with van der Waals surface area (Å²) in [7, 11) is 2.15. The quantitative estimate of drug-likeness (QED) is 0.845. The molecule has 2 heterocycles. The lowest BCUT2D eigenvalue weighted by atomic mass is 9.96. The molecule has 1 aliphatic rings. The maximum atomic E-state index is 4.48. The number of nitrogens with one attached hydrogen (secondary N) is 2. The highest BCUT2D eigenvalue weighted by molar-refractivity contribution is 6.07. The third-order valence-electron chi connectivity index (χ3n) is 5.02. The Morgan fingerprint density at radius 3 is 2.33 bits per heavy atom. The smallest absolute Gasteiger partial charge is 0.195 e. The summed E-state index contributed by atoms with van der Waals surface area (Å²) in [5.41, 5.74) is 9.22. The summed E-state index contributed by atoms with van der Waals surface area (Å²) < 4.78 is 2.31. The van der Waals surface area contributed by atoms with E-state index >= 15 is 0 Å². The van der Waals surface area contributed by atoms with E-state index in [9.17, 15) is 0 Å². The van der Waals surface area contributed by atoms with Crippen LogP contribution in [0.4, 0.5) is 5.69 Å². The molecule has 0 bridgehead atoms. The van der Waals surface area contributed by atoms with Gasteiger partial charge in [-0.25, -0.2) is 0 Å². The van der Waals surface area contributed by atoms with E-state index in [1.807, 2.05) is 0 Å². The molecule has 1 aromatic heterocycles. The number of aromatic nitrogens is 1. The molecule has 0 unspecified atom stereocenters. The molecule has 0 saturated heterocycles. The molecule has 1 aromatic carbocycles. The number of aliphatic imine (C=N–C) groups is 1. The molecule has 0 spiro atoms. The van der Waals surface area contributed by atoms with Crippen LogP contribution in [0.5, 0.6) is 0 Å². The molecule has 0 saturated carbocycles. The molecule has 0 atom stereocenters. The van der Waals surface area contributed by atoms with Crippen molar-refractivity contribution in [2.45, 2.75) is 34.6 Å². The van der Waals surface area contributed by atoms with Crippen LogP contribution < -0.4 is 10.6 Å². The van der Waals surface area contributed by atoms with Crippen molar-refractivity contribution in [2.75, 3.05) is 18.4 Å². The highest BCUT2D eigenvalue weighted by Gasteiger charge is 2.20. The normalized spacial score (nSPS) is 14.5. The van der Waals surface area contributed by atoms with Gasteiger partial charge in [0.05, 0.1) is 17.7 Å². The predicted molar refractivity (Wildman–Crippen MR) is 90.5 cm³/mol. The second kappa shape index (κ2) is 4.79. The first-order chi connectivity index (χ1) is 9.93. The van der Waals surface area contributed by atoms with Gasteiger partial charge in [0.1, 0.15) is 0 Å². The van der Waals surface area contributed by atoms with Crippen molar-refractivity contribution in [2.24, 2.45) is 12.0 Å². The van der Waals surface area contributed by atoms with Gasteiger partial charge in [0.15, 0.2) is 5.96 Å². The average Bonchev–Trinajstić information content (AvgIpc) is 3.04. The highest BCUT2D eigenvalue weighted by atomic mass is 15.2. The van der Waals surface area contributed by atoms with Crippen LogP contribution in [0.3, 0.4) is 0 Å². The minimum atomic E-state index is 0.849. The van der Waals surface area contributed by atoms with E-state index in [4.69, 9.17) is 0 Å². The summed E-state index contributed by atoms with van der Waals surface area (Å²) >= 11 is 0. The summed E-state index contributed by atoms with van der Waals surface area (Å²) in [5.74, 6) is 0.892. The Morgan fingerprint density at radius 1 is 1.00 bits per heavy atom. The predicted octanol–water partition coefficient (Wildman–Crippen LogP) is 3.09. The topological polar surface area (TPSA) is 41.4 Å².